The average molecular weight is 291 g/mol. The minimum atomic E-state index is -0.219. The lowest BCUT2D eigenvalue weighted by atomic mass is 10.1. The summed E-state index contributed by atoms with van der Waals surface area (Å²) in [6, 6.07) is 6.65. The Hall–Kier alpha value is -1.82. The van der Waals surface area contributed by atoms with E-state index < -0.39 is 0 Å². The topological polar surface area (TPSA) is 55.6 Å². The Kier molecular flexibility index (Phi) is 4.67. The van der Waals surface area contributed by atoms with Gasteiger partial charge in [-0.1, -0.05) is 12.1 Å². The maximum atomic E-state index is 12.9. The zero-order valence-corrected chi connectivity index (χ0v) is 13.0. The highest BCUT2D eigenvalue weighted by Gasteiger charge is 2.16. The third kappa shape index (κ3) is 4.60. The van der Waals surface area contributed by atoms with E-state index in [2.05, 4.69) is 48.5 Å². The van der Waals surface area contributed by atoms with Gasteiger partial charge in [-0.2, -0.15) is 0 Å². The van der Waals surface area contributed by atoms with E-state index in [1.165, 1.54) is 12.1 Å². The van der Waals surface area contributed by atoms with E-state index in [0.717, 1.165) is 17.8 Å². The van der Waals surface area contributed by atoms with Crippen molar-refractivity contribution in [1.82, 2.24) is 25.5 Å². The lowest BCUT2D eigenvalue weighted by Gasteiger charge is -2.21. The molecule has 2 rings (SSSR count). The van der Waals surface area contributed by atoms with Crippen LogP contribution in [0.15, 0.2) is 24.3 Å². The number of nitrogens with one attached hydrogen (secondary N) is 1. The molecule has 1 heterocycles. The molecule has 2 aromatic rings. The molecule has 0 spiro atoms. The molecular weight excluding hydrogens is 269 g/mol. The van der Waals surface area contributed by atoms with E-state index >= 15 is 0 Å². The summed E-state index contributed by atoms with van der Waals surface area (Å²) in [6.45, 7) is 8.97. The SMILES string of the molecule is CC(Cc1ccc(F)cc1)n1nnnc1CNC(C)(C)C. The number of tetrazole rings is 1. The van der Waals surface area contributed by atoms with Crippen LogP contribution in [0.3, 0.4) is 0 Å². The standard InChI is InChI=1S/C15H22FN5/c1-11(9-12-5-7-13(16)8-6-12)21-14(18-19-20-21)10-17-15(2,3)4/h5-8,11,17H,9-10H2,1-4H3. The summed E-state index contributed by atoms with van der Waals surface area (Å²) < 4.78 is 14.7. The largest absolute Gasteiger partial charge is 0.305 e. The van der Waals surface area contributed by atoms with E-state index in [1.807, 2.05) is 4.68 Å². The molecule has 6 heteroatoms. The summed E-state index contributed by atoms with van der Waals surface area (Å²) in [4.78, 5) is 0. The molecule has 1 N–H and O–H groups in total. The molecule has 5 nitrogen and oxygen atoms in total. The van der Waals surface area contributed by atoms with Crippen molar-refractivity contribution in [3.63, 3.8) is 0 Å². The van der Waals surface area contributed by atoms with Gasteiger partial charge in [-0.25, -0.2) is 9.07 Å². The predicted octanol–water partition coefficient (Wildman–Crippen LogP) is 2.50. The number of hydrogen-bond acceptors (Lipinski definition) is 4. The summed E-state index contributed by atoms with van der Waals surface area (Å²) in [5, 5.41) is 15.3. The minimum Gasteiger partial charge on any atom is -0.305 e. The van der Waals surface area contributed by atoms with Crippen molar-refractivity contribution >= 4 is 0 Å². The molecule has 1 aromatic carbocycles. The van der Waals surface area contributed by atoms with Crippen LogP contribution in [0.25, 0.3) is 0 Å². The molecule has 0 radical (unpaired) electrons. The van der Waals surface area contributed by atoms with E-state index in [-0.39, 0.29) is 17.4 Å². The highest BCUT2D eigenvalue weighted by atomic mass is 19.1. The first-order valence-corrected chi connectivity index (χ1v) is 7.11. The second kappa shape index (κ2) is 6.30. The Morgan fingerprint density at radius 1 is 1.24 bits per heavy atom. The van der Waals surface area contributed by atoms with Crippen LogP contribution in [0.5, 0.6) is 0 Å². The van der Waals surface area contributed by atoms with E-state index in [0.29, 0.717) is 6.54 Å². The summed E-state index contributed by atoms with van der Waals surface area (Å²) in [5.74, 6) is 0.587. The number of halogens is 1. The van der Waals surface area contributed by atoms with Crippen molar-refractivity contribution in [3.8, 4) is 0 Å². The van der Waals surface area contributed by atoms with Gasteiger partial charge in [0.25, 0.3) is 0 Å². The fourth-order valence-electron chi connectivity index (χ4n) is 2.06. The van der Waals surface area contributed by atoms with Gasteiger partial charge in [-0.05, 0) is 62.2 Å². The molecule has 0 aliphatic heterocycles. The minimum absolute atomic E-state index is 0.0109. The number of rotatable bonds is 5. The van der Waals surface area contributed by atoms with Gasteiger partial charge in [0, 0.05) is 5.54 Å². The summed E-state index contributed by atoms with van der Waals surface area (Å²) in [7, 11) is 0. The summed E-state index contributed by atoms with van der Waals surface area (Å²) >= 11 is 0. The average Bonchev–Trinajstić information content (AvgIpc) is 2.87. The molecule has 0 fully saturated rings. The van der Waals surface area contributed by atoms with Gasteiger partial charge < -0.3 is 5.32 Å². The quantitative estimate of drug-likeness (QED) is 0.919. The highest BCUT2D eigenvalue weighted by Crippen LogP contribution is 2.15. The van der Waals surface area contributed by atoms with Crippen LogP contribution in [0.2, 0.25) is 0 Å². The van der Waals surface area contributed by atoms with Crippen molar-refractivity contribution < 1.29 is 4.39 Å². The maximum absolute atomic E-state index is 12.9. The Bertz CT molecular complexity index is 570. The molecule has 0 amide bonds. The smallest absolute Gasteiger partial charge is 0.165 e. The zero-order chi connectivity index (χ0) is 15.5. The molecule has 0 bridgehead atoms. The second-order valence-corrected chi connectivity index (χ2v) is 6.32. The summed E-state index contributed by atoms with van der Waals surface area (Å²) in [6.07, 6.45) is 0.758. The molecule has 0 saturated carbocycles. The van der Waals surface area contributed by atoms with Crippen LogP contribution in [-0.4, -0.2) is 25.7 Å². The molecular formula is C15H22FN5. The first-order valence-electron chi connectivity index (χ1n) is 7.11. The van der Waals surface area contributed by atoms with Gasteiger partial charge in [0.2, 0.25) is 0 Å². The molecule has 1 aromatic heterocycles. The van der Waals surface area contributed by atoms with E-state index in [4.69, 9.17) is 0 Å². The fourth-order valence-corrected chi connectivity index (χ4v) is 2.06. The van der Waals surface area contributed by atoms with Crippen LogP contribution in [-0.2, 0) is 13.0 Å². The maximum Gasteiger partial charge on any atom is 0.165 e. The van der Waals surface area contributed by atoms with Crippen molar-refractivity contribution in [1.29, 1.82) is 0 Å². The number of benzene rings is 1. The summed E-state index contributed by atoms with van der Waals surface area (Å²) in [5.41, 5.74) is 1.07. The van der Waals surface area contributed by atoms with Gasteiger partial charge in [-0.3, -0.25) is 0 Å². The molecule has 114 valence electrons. The molecule has 21 heavy (non-hydrogen) atoms. The first-order chi connectivity index (χ1) is 9.85. The fraction of sp³-hybridized carbons (Fsp3) is 0.533. The lowest BCUT2D eigenvalue weighted by molar-refractivity contribution is 0.393. The van der Waals surface area contributed by atoms with Gasteiger partial charge >= 0.3 is 0 Å². The Labute approximate surface area is 124 Å². The van der Waals surface area contributed by atoms with Crippen LogP contribution < -0.4 is 5.32 Å². The lowest BCUT2D eigenvalue weighted by Crippen LogP contribution is -2.36. The van der Waals surface area contributed by atoms with E-state index in [9.17, 15) is 4.39 Å². The van der Waals surface area contributed by atoms with Crippen molar-refractivity contribution in [2.75, 3.05) is 0 Å². The van der Waals surface area contributed by atoms with Crippen LogP contribution in [0, 0.1) is 5.82 Å². The van der Waals surface area contributed by atoms with Crippen molar-refractivity contribution in [2.45, 2.75) is 52.2 Å². The van der Waals surface area contributed by atoms with Crippen molar-refractivity contribution in [3.05, 3.63) is 41.5 Å². The van der Waals surface area contributed by atoms with Gasteiger partial charge in [0.05, 0.1) is 12.6 Å². The molecule has 1 unspecified atom stereocenters. The van der Waals surface area contributed by atoms with Crippen molar-refractivity contribution in [2.24, 2.45) is 0 Å². The monoisotopic (exact) mass is 291 g/mol. The van der Waals surface area contributed by atoms with Crippen LogP contribution in [0.4, 0.5) is 4.39 Å². The number of nitrogens with zero attached hydrogens (tertiary/aromatic N) is 4. The zero-order valence-electron chi connectivity index (χ0n) is 13.0. The first kappa shape index (κ1) is 15.6. The third-order valence-electron chi connectivity index (χ3n) is 3.20. The number of aromatic nitrogens is 4. The van der Waals surface area contributed by atoms with Gasteiger partial charge in [0.1, 0.15) is 5.82 Å². The highest BCUT2D eigenvalue weighted by molar-refractivity contribution is 5.16. The molecule has 0 aliphatic rings. The van der Waals surface area contributed by atoms with Crippen LogP contribution >= 0.6 is 0 Å². The Morgan fingerprint density at radius 3 is 2.52 bits per heavy atom. The second-order valence-electron chi connectivity index (χ2n) is 6.32. The Morgan fingerprint density at radius 2 is 1.90 bits per heavy atom. The molecule has 0 aliphatic carbocycles. The number of hydrogen-bond donors (Lipinski definition) is 1. The molecule has 0 saturated heterocycles. The Balaban J connectivity index is 2.04. The molecule has 1 atom stereocenters. The van der Waals surface area contributed by atoms with Gasteiger partial charge in [0.15, 0.2) is 5.82 Å². The predicted molar refractivity (Wildman–Crippen MR) is 79.2 cm³/mol. The normalized spacial score (nSPS) is 13.4. The third-order valence-corrected chi connectivity index (χ3v) is 3.20. The van der Waals surface area contributed by atoms with Gasteiger partial charge in [-0.15, -0.1) is 5.10 Å². The van der Waals surface area contributed by atoms with Crippen LogP contribution in [0.1, 0.15) is 45.1 Å². The van der Waals surface area contributed by atoms with E-state index in [1.54, 1.807) is 12.1 Å².